The Morgan fingerprint density at radius 2 is 1.03 bits per heavy atom. The SMILES string of the molecule is CCCCCCCCC(=O)OCCOCCOCCOCCOCCOCCOCCOCCOCCOCCOCCNc1cccc2c1C(=O)N(C1CCC(=O)NC1=O)C2=O. The summed E-state index contributed by atoms with van der Waals surface area (Å²) in [5.41, 5.74) is 0.898. The fourth-order valence-electron chi connectivity index (χ4n) is 6.34. The summed E-state index contributed by atoms with van der Waals surface area (Å²) in [6.07, 6.45) is 7.51. The summed E-state index contributed by atoms with van der Waals surface area (Å²) in [6.45, 7) is 11.5. The molecule has 3 rings (SSSR count). The number of carbonyl (C=O) groups excluding carboxylic acids is 5. The van der Waals surface area contributed by atoms with E-state index in [2.05, 4.69) is 17.6 Å². The van der Waals surface area contributed by atoms with Crippen LogP contribution in [0.4, 0.5) is 5.69 Å². The Bertz CT molecular complexity index is 1440. The Balaban J connectivity index is 0.968. The predicted octanol–water partition coefficient (Wildman–Crippen LogP) is 2.96. The maximum Gasteiger partial charge on any atom is 0.305 e. The van der Waals surface area contributed by atoms with Crippen LogP contribution in [0.1, 0.15) is 85.4 Å². The number of fused-ring (bicyclic) bond motifs is 1. The van der Waals surface area contributed by atoms with Crippen LogP contribution in [0.5, 0.6) is 0 Å². The van der Waals surface area contributed by atoms with Gasteiger partial charge >= 0.3 is 5.97 Å². The lowest BCUT2D eigenvalue weighted by atomic mass is 10.0. The fourth-order valence-corrected chi connectivity index (χ4v) is 6.34. The molecule has 0 saturated carbocycles. The second-order valence-corrected chi connectivity index (χ2v) is 14.5. The largest absolute Gasteiger partial charge is 0.463 e. The summed E-state index contributed by atoms with van der Waals surface area (Å²) >= 11 is 0. The summed E-state index contributed by atoms with van der Waals surface area (Å²) in [6, 6.07) is 3.90. The van der Waals surface area contributed by atoms with E-state index in [1.807, 2.05) is 0 Å². The van der Waals surface area contributed by atoms with E-state index in [1.165, 1.54) is 25.7 Å². The zero-order chi connectivity index (χ0) is 45.0. The lowest BCUT2D eigenvalue weighted by Crippen LogP contribution is -2.54. The Labute approximate surface area is 371 Å². The van der Waals surface area contributed by atoms with Gasteiger partial charge in [-0.3, -0.25) is 34.2 Å². The Hall–Kier alpha value is -3.63. The molecule has 0 spiro atoms. The summed E-state index contributed by atoms with van der Waals surface area (Å²) in [5.74, 6) is -2.33. The van der Waals surface area contributed by atoms with Gasteiger partial charge in [0.05, 0.1) is 143 Å². The molecule has 4 amide bonds. The molecule has 0 radical (unpaired) electrons. The first kappa shape index (κ1) is 53.7. The number of hydrogen-bond acceptors (Lipinski definition) is 17. The van der Waals surface area contributed by atoms with Crippen LogP contribution in [-0.4, -0.2) is 186 Å². The number of ether oxygens (including phenoxy) is 11. The first-order valence-electron chi connectivity index (χ1n) is 22.5. The van der Waals surface area contributed by atoms with Crippen molar-refractivity contribution in [3.8, 4) is 0 Å². The molecule has 358 valence electrons. The number of carbonyl (C=O) groups is 5. The first-order valence-corrected chi connectivity index (χ1v) is 22.5. The average Bonchev–Trinajstić information content (AvgIpc) is 3.53. The molecule has 1 unspecified atom stereocenters. The van der Waals surface area contributed by atoms with Gasteiger partial charge in [0.1, 0.15) is 12.6 Å². The van der Waals surface area contributed by atoms with E-state index in [0.29, 0.717) is 151 Å². The van der Waals surface area contributed by atoms with Crippen LogP contribution in [0.3, 0.4) is 0 Å². The summed E-state index contributed by atoms with van der Waals surface area (Å²) in [7, 11) is 0. The van der Waals surface area contributed by atoms with Crippen molar-refractivity contribution >= 4 is 35.3 Å². The number of hydrogen-bond donors (Lipinski definition) is 2. The number of nitrogens with zero attached hydrogens (tertiary/aromatic N) is 1. The van der Waals surface area contributed by atoms with Crippen molar-refractivity contribution in [2.45, 2.75) is 70.8 Å². The molecule has 1 fully saturated rings. The predicted molar refractivity (Wildman–Crippen MR) is 229 cm³/mol. The highest BCUT2D eigenvalue weighted by molar-refractivity contribution is 6.25. The molecule has 19 heteroatoms. The number of unbranched alkanes of at least 4 members (excludes halogenated alkanes) is 5. The van der Waals surface area contributed by atoms with Gasteiger partial charge in [-0.15, -0.1) is 0 Å². The van der Waals surface area contributed by atoms with Gasteiger partial charge in [-0.2, -0.15) is 0 Å². The monoisotopic (exact) mass is 897 g/mol. The molecule has 63 heavy (non-hydrogen) atoms. The Morgan fingerprint density at radius 3 is 1.51 bits per heavy atom. The first-order chi connectivity index (χ1) is 30.9. The van der Waals surface area contributed by atoms with Gasteiger partial charge in [0.25, 0.3) is 11.8 Å². The van der Waals surface area contributed by atoms with Crippen LogP contribution in [-0.2, 0) is 66.5 Å². The van der Waals surface area contributed by atoms with Gasteiger partial charge in [-0.25, -0.2) is 0 Å². The number of piperidine rings is 1. The molecule has 2 aliphatic heterocycles. The molecule has 1 aromatic carbocycles. The number of imide groups is 2. The van der Waals surface area contributed by atoms with Crippen LogP contribution < -0.4 is 10.6 Å². The third kappa shape index (κ3) is 23.8. The average molecular weight is 898 g/mol. The number of rotatable bonds is 42. The molecular weight excluding hydrogens is 826 g/mol. The smallest absolute Gasteiger partial charge is 0.305 e. The van der Waals surface area contributed by atoms with E-state index in [-0.39, 0.29) is 36.5 Å². The van der Waals surface area contributed by atoms with E-state index in [4.69, 9.17) is 52.1 Å². The molecule has 0 aliphatic carbocycles. The molecule has 2 heterocycles. The Morgan fingerprint density at radius 1 is 0.587 bits per heavy atom. The van der Waals surface area contributed by atoms with E-state index >= 15 is 0 Å². The van der Waals surface area contributed by atoms with E-state index in [1.54, 1.807) is 18.2 Å². The number of anilines is 1. The van der Waals surface area contributed by atoms with Crippen LogP contribution in [0, 0.1) is 0 Å². The highest BCUT2D eigenvalue weighted by atomic mass is 16.6. The number of benzene rings is 1. The second-order valence-electron chi connectivity index (χ2n) is 14.5. The molecular formula is C44H71N3O16. The van der Waals surface area contributed by atoms with Crippen molar-refractivity contribution in [2.75, 3.05) is 151 Å². The zero-order valence-electron chi connectivity index (χ0n) is 37.2. The third-order valence-corrected chi connectivity index (χ3v) is 9.60. The molecule has 0 aromatic heterocycles. The minimum atomic E-state index is -1.01. The number of esters is 1. The standard InChI is InChI=1S/C44H71N3O16/c1-2-3-4-5-6-7-11-40(49)63-35-34-62-33-32-61-31-30-60-29-28-59-27-26-58-25-24-57-23-22-56-21-20-55-19-18-54-17-16-53-15-14-45-37-10-8-9-36-41(37)44(52)47(43(36)51)38-12-13-39(48)46-42(38)50/h8-10,38,45H,2-7,11-35H2,1H3,(H,46,48,50). The topological polar surface area (TPSA) is 214 Å². The van der Waals surface area contributed by atoms with E-state index < -0.39 is 29.7 Å². The van der Waals surface area contributed by atoms with Crippen molar-refractivity contribution in [3.63, 3.8) is 0 Å². The van der Waals surface area contributed by atoms with Gasteiger partial charge in [0, 0.05) is 25.1 Å². The van der Waals surface area contributed by atoms with Gasteiger partial charge < -0.3 is 57.4 Å². The zero-order valence-corrected chi connectivity index (χ0v) is 37.2. The van der Waals surface area contributed by atoms with Gasteiger partial charge in [0.15, 0.2) is 0 Å². The van der Waals surface area contributed by atoms with Crippen molar-refractivity contribution in [1.82, 2.24) is 10.2 Å². The van der Waals surface area contributed by atoms with Crippen LogP contribution in [0.15, 0.2) is 18.2 Å². The highest BCUT2D eigenvalue weighted by Gasteiger charge is 2.45. The second kappa shape index (κ2) is 35.7. The minimum Gasteiger partial charge on any atom is -0.463 e. The molecule has 1 atom stereocenters. The van der Waals surface area contributed by atoms with Gasteiger partial charge in [-0.1, -0.05) is 45.1 Å². The molecule has 2 N–H and O–H groups in total. The van der Waals surface area contributed by atoms with Crippen molar-refractivity contribution in [1.29, 1.82) is 0 Å². The summed E-state index contributed by atoms with van der Waals surface area (Å²) < 4.78 is 60.2. The normalized spacial score (nSPS) is 15.0. The minimum absolute atomic E-state index is 0.0628. The van der Waals surface area contributed by atoms with Crippen molar-refractivity contribution in [2.24, 2.45) is 0 Å². The maximum atomic E-state index is 13.2. The van der Waals surface area contributed by atoms with E-state index in [0.717, 1.165) is 17.7 Å². The third-order valence-electron chi connectivity index (χ3n) is 9.60. The molecule has 2 aliphatic rings. The van der Waals surface area contributed by atoms with Crippen molar-refractivity contribution < 1.29 is 76.1 Å². The lowest BCUT2D eigenvalue weighted by molar-refractivity contribution is -0.145. The van der Waals surface area contributed by atoms with Gasteiger partial charge in [0.2, 0.25) is 11.8 Å². The lowest BCUT2D eigenvalue weighted by Gasteiger charge is -2.27. The van der Waals surface area contributed by atoms with Gasteiger partial charge in [-0.05, 0) is 25.0 Å². The molecule has 0 bridgehead atoms. The van der Waals surface area contributed by atoms with Crippen LogP contribution in [0.2, 0.25) is 0 Å². The fraction of sp³-hybridized carbons (Fsp3) is 0.750. The highest BCUT2D eigenvalue weighted by Crippen LogP contribution is 2.32. The Kier molecular flexibility index (Phi) is 30.4. The maximum absolute atomic E-state index is 13.2. The summed E-state index contributed by atoms with van der Waals surface area (Å²) in [5, 5.41) is 5.33. The number of amides is 4. The molecule has 1 aromatic rings. The van der Waals surface area contributed by atoms with Crippen LogP contribution >= 0.6 is 0 Å². The van der Waals surface area contributed by atoms with Crippen molar-refractivity contribution in [3.05, 3.63) is 29.3 Å². The molecule has 1 saturated heterocycles. The molecule has 19 nitrogen and oxygen atoms in total. The van der Waals surface area contributed by atoms with E-state index in [9.17, 15) is 24.0 Å². The van der Waals surface area contributed by atoms with Crippen LogP contribution in [0.25, 0.3) is 0 Å². The number of nitrogens with one attached hydrogen (secondary N) is 2. The quantitative estimate of drug-likeness (QED) is 0.0548. The summed E-state index contributed by atoms with van der Waals surface area (Å²) in [4.78, 5) is 62.6.